The average Bonchev–Trinajstić information content (AvgIpc) is 2.26. The van der Waals surface area contributed by atoms with Crippen LogP contribution in [0, 0.1) is 0 Å². The van der Waals surface area contributed by atoms with Gasteiger partial charge in [0.15, 0.2) is 0 Å². The zero-order chi connectivity index (χ0) is 14.5. The SMILES string of the molecule is CNCc1cc(Br)c(OCCSC(F)(F)F)c(Br)c1. The maximum atomic E-state index is 12.0. The van der Waals surface area contributed by atoms with Crippen LogP contribution < -0.4 is 10.1 Å². The van der Waals surface area contributed by atoms with Gasteiger partial charge in [-0.1, -0.05) is 0 Å². The summed E-state index contributed by atoms with van der Waals surface area (Å²) >= 11 is 6.61. The Balaban J connectivity index is 2.59. The number of hydrogen-bond donors (Lipinski definition) is 1. The molecule has 2 nitrogen and oxygen atoms in total. The summed E-state index contributed by atoms with van der Waals surface area (Å²) in [7, 11) is 1.83. The second-order valence-corrected chi connectivity index (χ2v) is 6.43. The van der Waals surface area contributed by atoms with Crippen molar-refractivity contribution >= 4 is 43.6 Å². The zero-order valence-corrected chi connectivity index (χ0v) is 14.0. The maximum absolute atomic E-state index is 12.0. The fraction of sp³-hybridized carbons (Fsp3) is 0.455. The van der Waals surface area contributed by atoms with Crippen LogP contribution in [0.3, 0.4) is 0 Å². The second kappa shape index (κ2) is 7.75. The molecular weight excluding hydrogens is 411 g/mol. The normalized spacial score (nSPS) is 11.7. The topological polar surface area (TPSA) is 21.3 Å². The molecular formula is C11H12Br2F3NOS. The van der Waals surface area contributed by atoms with Crippen LogP contribution in [0.4, 0.5) is 13.2 Å². The Morgan fingerprint density at radius 3 is 2.32 bits per heavy atom. The highest BCUT2D eigenvalue weighted by atomic mass is 79.9. The Hall–Kier alpha value is 0.0800. The van der Waals surface area contributed by atoms with Crippen molar-refractivity contribution in [1.82, 2.24) is 5.32 Å². The van der Waals surface area contributed by atoms with E-state index in [1.54, 1.807) is 0 Å². The molecule has 0 aliphatic heterocycles. The first kappa shape index (κ1) is 17.1. The molecule has 0 heterocycles. The summed E-state index contributed by atoms with van der Waals surface area (Å²) in [4.78, 5) is 0. The number of benzene rings is 1. The maximum Gasteiger partial charge on any atom is 0.441 e. The standard InChI is InChI=1S/C11H12Br2F3NOS/c1-17-6-7-4-8(12)10(9(13)5-7)18-2-3-19-11(14,15)16/h4-5,17H,2-3,6H2,1H3. The fourth-order valence-electron chi connectivity index (χ4n) is 1.36. The quantitative estimate of drug-likeness (QED) is 0.679. The van der Waals surface area contributed by atoms with Crippen molar-refractivity contribution in [2.45, 2.75) is 12.1 Å². The van der Waals surface area contributed by atoms with Crippen LogP contribution in [-0.2, 0) is 6.54 Å². The molecule has 0 saturated heterocycles. The van der Waals surface area contributed by atoms with Gasteiger partial charge in [-0.15, -0.1) is 0 Å². The molecule has 0 fully saturated rings. The Morgan fingerprint density at radius 2 is 1.84 bits per heavy atom. The van der Waals surface area contributed by atoms with Gasteiger partial charge in [-0.25, -0.2) is 0 Å². The van der Waals surface area contributed by atoms with Crippen LogP contribution in [0.5, 0.6) is 5.75 Å². The van der Waals surface area contributed by atoms with Gasteiger partial charge >= 0.3 is 5.51 Å². The molecule has 1 rings (SSSR count). The largest absolute Gasteiger partial charge is 0.490 e. The molecule has 0 saturated carbocycles. The molecule has 1 aromatic rings. The van der Waals surface area contributed by atoms with E-state index >= 15 is 0 Å². The first-order valence-electron chi connectivity index (χ1n) is 5.29. The molecule has 108 valence electrons. The number of nitrogens with one attached hydrogen (secondary N) is 1. The van der Waals surface area contributed by atoms with E-state index in [2.05, 4.69) is 37.2 Å². The molecule has 0 unspecified atom stereocenters. The van der Waals surface area contributed by atoms with Gasteiger partial charge in [0.05, 0.1) is 15.6 Å². The summed E-state index contributed by atoms with van der Waals surface area (Å²) in [5, 5.41) is 3.02. The summed E-state index contributed by atoms with van der Waals surface area (Å²) in [5.74, 6) is 0.378. The first-order chi connectivity index (χ1) is 8.83. The van der Waals surface area contributed by atoms with Gasteiger partial charge in [0.2, 0.25) is 0 Å². The van der Waals surface area contributed by atoms with E-state index in [4.69, 9.17) is 4.74 Å². The third-order valence-corrected chi connectivity index (χ3v) is 3.91. The van der Waals surface area contributed by atoms with Gasteiger partial charge in [-0.3, -0.25) is 0 Å². The molecule has 0 atom stereocenters. The monoisotopic (exact) mass is 421 g/mol. The highest BCUT2D eigenvalue weighted by Crippen LogP contribution is 2.35. The van der Waals surface area contributed by atoms with Gasteiger partial charge in [-0.2, -0.15) is 13.2 Å². The van der Waals surface area contributed by atoms with E-state index in [0.717, 1.165) is 5.56 Å². The van der Waals surface area contributed by atoms with Crippen LogP contribution in [-0.4, -0.2) is 24.9 Å². The number of hydrogen-bond acceptors (Lipinski definition) is 3. The summed E-state index contributed by atoms with van der Waals surface area (Å²) in [6.07, 6.45) is 0. The molecule has 19 heavy (non-hydrogen) atoms. The molecule has 0 aromatic heterocycles. The number of halogens is 5. The minimum absolute atomic E-state index is 0.00719. The second-order valence-electron chi connectivity index (χ2n) is 3.56. The molecule has 1 aromatic carbocycles. The van der Waals surface area contributed by atoms with Gasteiger partial charge in [0.25, 0.3) is 0 Å². The number of thioether (sulfide) groups is 1. The lowest BCUT2D eigenvalue weighted by atomic mass is 10.2. The zero-order valence-electron chi connectivity index (χ0n) is 9.98. The van der Waals surface area contributed by atoms with Gasteiger partial charge in [0.1, 0.15) is 5.75 Å². The van der Waals surface area contributed by atoms with Crippen LogP contribution in [0.15, 0.2) is 21.1 Å². The fourth-order valence-corrected chi connectivity index (χ4v) is 3.27. The van der Waals surface area contributed by atoms with Crippen LogP contribution >= 0.6 is 43.6 Å². The van der Waals surface area contributed by atoms with Crippen molar-refractivity contribution in [3.8, 4) is 5.75 Å². The summed E-state index contributed by atoms with van der Waals surface area (Å²) in [5.41, 5.74) is -3.17. The molecule has 1 N–H and O–H groups in total. The lowest BCUT2D eigenvalue weighted by molar-refractivity contribution is -0.0329. The van der Waals surface area contributed by atoms with Crippen molar-refractivity contribution in [2.24, 2.45) is 0 Å². The minimum atomic E-state index is -4.21. The van der Waals surface area contributed by atoms with E-state index in [1.807, 2.05) is 19.2 Å². The molecule has 0 amide bonds. The van der Waals surface area contributed by atoms with E-state index in [0.29, 0.717) is 21.2 Å². The molecule has 0 aliphatic carbocycles. The van der Waals surface area contributed by atoms with Crippen molar-refractivity contribution < 1.29 is 17.9 Å². The van der Waals surface area contributed by atoms with Gasteiger partial charge < -0.3 is 10.1 Å². The highest BCUT2D eigenvalue weighted by Gasteiger charge is 2.27. The van der Waals surface area contributed by atoms with E-state index in [9.17, 15) is 13.2 Å². The molecule has 0 radical (unpaired) electrons. The molecule has 0 aliphatic rings. The summed E-state index contributed by atoms with van der Waals surface area (Å²) in [6, 6.07) is 3.74. The summed E-state index contributed by atoms with van der Waals surface area (Å²) in [6.45, 7) is 0.689. The molecule has 0 bridgehead atoms. The van der Waals surface area contributed by atoms with E-state index < -0.39 is 5.51 Å². The summed E-state index contributed by atoms with van der Waals surface area (Å²) < 4.78 is 42.7. The Bertz CT molecular complexity index is 406. The third-order valence-electron chi connectivity index (χ3n) is 2.03. The minimum Gasteiger partial charge on any atom is -0.490 e. The van der Waals surface area contributed by atoms with Crippen molar-refractivity contribution in [3.05, 3.63) is 26.6 Å². The van der Waals surface area contributed by atoms with Crippen LogP contribution in [0.1, 0.15) is 5.56 Å². The van der Waals surface area contributed by atoms with Crippen molar-refractivity contribution in [1.29, 1.82) is 0 Å². The van der Waals surface area contributed by atoms with Crippen LogP contribution in [0.2, 0.25) is 0 Å². The first-order valence-corrected chi connectivity index (χ1v) is 7.86. The van der Waals surface area contributed by atoms with E-state index in [-0.39, 0.29) is 24.1 Å². The van der Waals surface area contributed by atoms with E-state index in [1.165, 1.54) is 0 Å². The number of alkyl halides is 3. The number of rotatable bonds is 6. The predicted octanol–water partition coefficient (Wildman–Crippen LogP) is 4.56. The Labute approximate surface area is 130 Å². The number of ether oxygens (including phenoxy) is 1. The molecule has 0 spiro atoms. The lowest BCUT2D eigenvalue weighted by Crippen LogP contribution is -2.09. The van der Waals surface area contributed by atoms with Gasteiger partial charge in [0, 0.05) is 12.3 Å². The Morgan fingerprint density at radius 1 is 1.26 bits per heavy atom. The van der Waals surface area contributed by atoms with Gasteiger partial charge in [-0.05, 0) is 68.4 Å². The molecule has 8 heteroatoms. The third kappa shape index (κ3) is 6.37. The smallest absolute Gasteiger partial charge is 0.441 e. The predicted molar refractivity (Wildman–Crippen MR) is 78.6 cm³/mol. The van der Waals surface area contributed by atoms with Crippen LogP contribution in [0.25, 0.3) is 0 Å². The highest BCUT2D eigenvalue weighted by molar-refractivity contribution is 9.11. The average molecular weight is 423 g/mol. The lowest BCUT2D eigenvalue weighted by Gasteiger charge is -2.12. The Kier molecular flexibility index (Phi) is 6.99. The van der Waals surface area contributed by atoms with Crippen molar-refractivity contribution in [3.63, 3.8) is 0 Å². The van der Waals surface area contributed by atoms with Crippen molar-refractivity contribution in [2.75, 3.05) is 19.4 Å².